The van der Waals surface area contributed by atoms with Gasteiger partial charge in [-0.15, -0.1) is 0 Å². The highest BCUT2D eigenvalue weighted by molar-refractivity contribution is 9.10. The highest BCUT2D eigenvalue weighted by Gasteiger charge is 2.27. The van der Waals surface area contributed by atoms with Crippen LogP contribution in [-0.2, 0) is 4.74 Å². The molecule has 0 spiro atoms. The zero-order valence-corrected chi connectivity index (χ0v) is 13.7. The largest absolute Gasteiger partial charge is 0.444 e. The highest BCUT2D eigenvalue weighted by Crippen LogP contribution is 2.27. The maximum atomic E-state index is 12.0. The van der Waals surface area contributed by atoms with E-state index >= 15 is 0 Å². The normalized spacial score (nSPS) is 17.1. The minimum atomic E-state index is -0.439. The minimum absolute atomic E-state index is 0.224. The van der Waals surface area contributed by atoms with Crippen molar-refractivity contribution in [1.29, 1.82) is 0 Å². The highest BCUT2D eigenvalue weighted by atomic mass is 79.9. The van der Waals surface area contributed by atoms with Gasteiger partial charge in [0.15, 0.2) is 0 Å². The maximum Gasteiger partial charge on any atom is 0.410 e. The summed E-state index contributed by atoms with van der Waals surface area (Å²) in [5, 5.41) is 0. The van der Waals surface area contributed by atoms with Gasteiger partial charge in [0.05, 0.1) is 18.1 Å². The Labute approximate surface area is 127 Å². The number of likely N-dealkylation sites (tertiary alicyclic amines) is 1. The smallest absolute Gasteiger partial charge is 0.410 e. The van der Waals surface area contributed by atoms with Gasteiger partial charge in [-0.05, 0) is 49.5 Å². The molecule has 1 aliphatic heterocycles. The topological polar surface area (TPSA) is 55.3 Å². The van der Waals surface area contributed by atoms with E-state index in [9.17, 15) is 4.79 Å². The molecule has 20 heavy (non-hydrogen) atoms. The Morgan fingerprint density at radius 3 is 2.45 bits per heavy atom. The molecular weight excluding hydrogens is 322 g/mol. The van der Waals surface area contributed by atoms with Gasteiger partial charge < -0.3 is 9.64 Å². The third-order valence-corrected chi connectivity index (χ3v) is 3.61. The third-order valence-electron chi connectivity index (χ3n) is 3.21. The van der Waals surface area contributed by atoms with Gasteiger partial charge in [-0.1, -0.05) is 0 Å². The Bertz CT molecular complexity index is 462. The number of carbonyl (C=O) groups excluding carboxylic acids is 1. The molecule has 0 unspecified atom stereocenters. The first-order chi connectivity index (χ1) is 9.35. The van der Waals surface area contributed by atoms with Crippen LogP contribution in [0, 0.1) is 0 Å². The molecule has 1 aliphatic rings. The Morgan fingerprint density at radius 1 is 1.30 bits per heavy atom. The molecule has 1 saturated heterocycles. The van der Waals surface area contributed by atoms with Crippen molar-refractivity contribution in [3.8, 4) is 0 Å². The molecule has 1 aromatic heterocycles. The molecule has 2 heterocycles. The van der Waals surface area contributed by atoms with Gasteiger partial charge in [-0.3, -0.25) is 4.98 Å². The number of piperidine rings is 1. The number of rotatable bonds is 1. The van der Waals surface area contributed by atoms with E-state index in [4.69, 9.17) is 4.74 Å². The summed E-state index contributed by atoms with van der Waals surface area (Å²) in [5.41, 5.74) is 0.558. The van der Waals surface area contributed by atoms with E-state index in [-0.39, 0.29) is 6.09 Å². The van der Waals surface area contributed by atoms with Crippen LogP contribution in [-0.4, -0.2) is 39.7 Å². The van der Waals surface area contributed by atoms with Gasteiger partial charge in [-0.2, -0.15) is 0 Å². The molecule has 0 atom stereocenters. The summed E-state index contributed by atoms with van der Waals surface area (Å²) in [4.78, 5) is 22.3. The van der Waals surface area contributed by atoms with Crippen molar-refractivity contribution in [2.75, 3.05) is 13.1 Å². The van der Waals surface area contributed by atoms with Crippen LogP contribution in [0.25, 0.3) is 0 Å². The van der Waals surface area contributed by atoms with E-state index in [0.29, 0.717) is 19.0 Å². The first-order valence-electron chi connectivity index (χ1n) is 6.80. The minimum Gasteiger partial charge on any atom is -0.444 e. The Kier molecular flexibility index (Phi) is 4.62. The SMILES string of the molecule is CC(C)(C)OC(=O)N1CCC(c2cnc(Br)cn2)CC1. The average Bonchev–Trinajstić information content (AvgIpc) is 2.38. The van der Waals surface area contributed by atoms with E-state index < -0.39 is 5.60 Å². The summed E-state index contributed by atoms with van der Waals surface area (Å²) in [7, 11) is 0. The van der Waals surface area contributed by atoms with Crippen molar-refractivity contribution < 1.29 is 9.53 Å². The average molecular weight is 342 g/mol. The molecule has 0 radical (unpaired) electrons. The number of aromatic nitrogens is 2. The van der Waals surface area contributed by atoms with E-state index in [1.807, 2.05) is 20.8 Å². The lowest BCUT2D eigenvalue weighted by Gasteiger charge is -2.33. The summed E-state index contributed by atoms with van der Waals surface area (Å²) >= 11 is 3.28. The van der Waals surface area contributed by atoms with Crippen LogP contribution in [0.5, 0.6) is 0 Å². The lowest BCUT2D eigenvalue weighted by Crippen LogP contribution is -2.41. The number of carbonyl (C=O) groups is 1. The number of amides is 1. The van der Waals surface area contributed by atoms with Gasteiger partial charge in [0.25, 0.3) is 0 Å². The zero-order valence-electron chi connectivity index (χ0n) is 12.1. The van der Waals surface area contributed by atoms with Crippen molar-refractivity contribution in [3.63, 3.8) is 0 Å². The van der Waals surface area contributed by atoms with Crippen molar-refractivity contribution in [2.24, 2.45) is 0 Å². The monoisotopic (exact) mass is 341 g/mol. The number of ether oxygens (including phenoxy) is 1. The molecule has 110 valence electrons. The number of hydrogen-bond donors (Lipinski definition) is 0. The Morgan fingerprint density at radius 2 is 1.95 bits per heavy atom. The van der Waals surface area contributed by atoms with Crippen LogP contribution < -0.4 is 0 Å². The first kappa shape index (κ1) is 15.2. The fraction of sp³-hybridized carbons (Fsp3) is 0.643. The molecule has 0 saturated carbocycles. The van der Waals surface area contributed by atoms with Crippen molar-refractivity contribution in [1.82, 2.24) is 14.9 Å². The number of hydrogen-bond acceptors (Lipinski definition) is 4. The van der Waals surface area contributed by atoms with Gasteiger partial charge in [0.1, 0.15) is 10.2 Å². The Balaban J connectivity index is 1.89. The molecule has 1 fully saturated rings. The van der Waals surface area contributed by atoms with Gasteiger partial charge in [-0.25, -0.2) is 9.78 Å². The molecular formula is C14H20BrN3O2. The second kappa shape index (κ2) is 6.08. The fourth-order valence-electron chi connectivity index (χ4n) is 2.22. The molecule has 0 N–H and O–H groups in total. The summed E-state index contributed by atoms with van der Waals surface area (Å²) in [5.74, 6) is 0.370. The zero-order chi connectivity index (χ0) is 14.8. The fourth-order valence-corrected chi connectivity index (χ4v) is 2.42. The van der Waals surface area contributed by atoms with Gasteiger partial charge in [0, 0.05) is 19.0 Å². The van der Waals surface area contributed by atoms with Crippen LogP contribution in [0.2, 0.25) is 0 Å². The summed E-state index contributed by atoms with van der Waals surface area (Å²) in [6, 6.07) is 0. The number of halogens is 1. The molecule has 0 bridgehead atoms. The van der Waals surface area contributed by atoms with Crippen LogP contribution in [0.1, 0.15) is 45.2 Å². The molecule has 1 amide bonds. The molecule has 0 aliphatic carbocycles. The lowest BCUT2D eigenvalue weighted by atomic mass is 9.94. The summed E-state index contributed by atoms with van der Waals surface area (Å²) < 4.78 is 6.13. The van der Waals surface area contributed by atoms with E-state index in [0.717, 1.165) is 23.1 Å². The second-order valence-electron chi connectivity index (χ2n) is 6.01. The van der Waals surface area contributed by atoms with Crippen LogP contribution in [0.3, 0.4) is 0 Å². The van der Waals surface area contributed by atoms with E-state index in [2.05, 4.69) is 25.9 Å². The quantitative estimate of drug-likeness (QED) is 0.785. The van der Waals surface area contributed by atoms with E-state index in [1.54, 1.807) is 17.3 Å². The molecule has 5 nitrogen and oxygen atoms in total. The molecule has 6 heteroatoms. The van der Waals surface area contributed by atoms with Crippen molar-refractivity contribution in [2.45, 2.75) is 45.1 Å². The maximum absolute atomic E-state index is 12.0. The second-order valence-corrected chi connectivity index (χ2v) is 6.82. The molecule has 0 aromatic carbocycles. The van der Waals surface area contributed by atoms with Crippen LogP contribution >= 0.6 is 15.9 Å². The van der Waals surface area contributed by atoms with Crippen molar-refractivity contribution >= 4 is 22.0 Å². The van der Waals surface area contributed by atoms with Crippen molar-refractivity contribution in [3.05, 3.63) is 22.7 Å². The number of nitrogens with zero attached hydrogens (tertiary/aromatic N) is 3. The predicted molar refractivity (Wildman–Crippen MR) is 79.5 cm³/mol. The Hall–Kier alpha value is -1.17. The molecule has 2 rings (SSSR count). The van der Waals surface area contributed by atoms with Gasteiger partial charge >= 0.3 is 6.09 Å². The van der Waals surface area contributed by atoms with Crippen LogP contribution in [0.4, 0.5) is 4.79 Å². The van der Waals surface area contributed by atoms with E-state index in [1.165, 1.54) is 0 Å². The standard InChI is InChI=1S/C14H20BrN3O2/c1-14(2,3)20-13(19)18-6-4-10(5-7-18)11-8-17-12(15)9-16-11/h8-10H,4-7H2,1-3H3. The summed E-state index contributed by atoms with van der Waals surface area (Å²) in [6.07, 6.45) is 5.09. The lowest BCUT2D eigenvalue weighted by molar-refractivity contribution is 0.0204. The third kappa shape index (κ3) is 4.16. The van der Waals surface area contributed by atoms with Gasteiger partial charge in [0.2, 0.25) is 0 Å². The first-order valence-corrected chi connectivity index (χ1v) is 7.60. The summed E-state index contributed by atoms with van der Waals surface area (Å²) in [6.45, 7) is 7.06. The van der Waals surface area contributed by atoms with Crippen LogP contribution in [0.15, 0.2) is 17.0 Å². The molecule has 1 aromatic rings. The predicted octanol–water partition coefficient (Wildman–Crippen LogP) is 3.35.